The molecule has 108 valence electrons. The Balaban J connectivity index is 3.04. The number of anilines is 1. The molecule has 19 heavy (non-hydrogen) atoms. The molecule has 1 heterocycles. The van der Waals surface area contributed by atoms with Gasteiger partial charge in [0.05, 0.1) is 0 Å². The van der Waals surface area contributed by atoms with Crippen LogP contribution in [0.1, 0.15) is 47.1 Å². The lowest BCUT2D eigenvalue weighted by Gasteiger charge is -2.31. The zero-order chi connectivity index (χ0) is 14.6. The summed E-state index contributed by atoms with van der Waals surface area (Å²) in [6.07, 6.45) is 4.18. The monoisotopic (exact) mass is 266 g/mol. The normalized spacial score (nSPS) is 13.6. The third kappa shape index (κ3) is 4.06. The van der Waals surface area contributed by atoms with Crippen LogP contribution in [0.15, 0.2) is 17.2 Å². The van der Waals surface area contributed by atoms with Gasteiger partial charge < -0.3 is 15.6 Å². The third-order valence-corrected chi connectivity index (χ3v) is 3.24. The summed E-state index contributed by atoms with van der Waals surface area (Å²) in [5.74, 6) is 0.407. The molecule has 0 aliphatic heterocycles. The molecule has 5 heteroatoms. The van der Waals surface area contributed by atoms with Crippen LogP contribution in [-0.4, -0.2) is 22.1 Å². The average Bonchev–Trinajstić information content (AvgIpc) is 2.29. The number of rotatable bonds is 5. The first-order valence-electron chi connectivity index (χ1n) is 6.81. The summed E-state index contributed by atoms with van der Waals surface area (Å²) < 4.78 is 1.68. The van der Waals surface area contributed by atoms with E-state index in [-0.39, 0.29) is 23.1 Å². The standard InChI is InChI=1S/C14H26N4O/c1-10(2)18-9-8-16-12(13(18)19)17-11(6-7-15)14(3,4)5/h8-11H,6-7,15H2,1-5H3,(H,16,17). The van der Waals surface area contributed by atoms with Crippen LogP contribution in [0, 0.1) is 5.41 Å². The van der Waals surface area contributed by atoms with Gasteiger partial charge >= 0.3 is 0 Å². The van der Waals surface area contributed by atoms with Crippen molar-refractivity contribution in [1.82, 2.24) is 9.55 Å². The van der Waals surface area contributed by atoms with Crippen molar-refractivity contribution in [2.75, 3.05) is 11.9 Å². The topological polar surface area (TPSA) is 72.9 Å². The van der Waals surface area contributed by atoms with Crippen molar-refractivity contribution in [2.24, 2.45) is 11.1 Å². The molecule has 1 aromatic heterocycles. The molecule has 1 rings (SSSR count). The van der Waals surface area contributed by atoms with E-state index < -0.39 is 0 Å². The van der Waals surface area contributed by atoms with Crippen molar-refractivity contribution >= 4 is 5.82 Å². The Morgan fingerprint density at radius 2 is 2.05 bits per heavy atom. The zero-order valence-corrected chi connectivity index (χ0v) is 12.6. The third-order valence-electron chi connectivity index (χ3n) is 3.24. The Bertz CT molecular complexity index is 459. The molecule has 0 spiro atoms. The van der Waals surface area contributed by atoms with Gasteiger partial charge in [0.2, 0.25) is 0 Å². The van der Waals surface area contributed by atoms with Gasteiger partial charge in [0, 0.05) is 24.5 Å². The highest BCUT2D eigenvalue weighted by Crippen LogP contribution is 2.23. The maximum Gasteiger partial charge on any atom is 0.293 e. The highest BCUT2D eigenvalue weighted by Gasteiger charge is 2.25. The molecule has 0 amide bonds. The van der Waals surface area contributed by atoms with Crippen LogP contribution in [0.2, 0.25) is 0 Å². The number of nitrogens with one attached hydrogen (secondary N) is 1. The Morgan fingerprint density at radius 3 is 2.53 bits per heavy atom. The molecule has 0 radical (unpaired) electrons. The molecule has 5 nitrogen and oxygen atoms in total. The van der Waals surface area contributed by atoms with Crippen molar-refractivity contribution in [1.29, 1.82) is 0 Å². The summed E-state index contributed by atoms with van der Waals surface area (Å²) in [5.41, 5.74) is 5.59. The molecular weight excluding hydrogens is 240 g/mol. The van der Waals surface area contributed by atoms with E-state index in [4.69, 9.17) is 5.73 Å². The van der Waals surface area contributed by atoms with Crippen molar-refractivity contribution < 1.29 is 0 Å². The van der Waals surface area contributed by atoms with Gasteiger partial charge in [-0.2, -0.15) is 0 Å². The molecule has 3 N–H and O–H groups in total. The van der Waals surface area contributed by atoms with E-state index in [1.807, 2.05) is 13.8 Å². The molecule has 1 aromatic rings. The smallest absolute Gasteiger partial charge is 0.293 e. The number of nitrogens with two attached hydrogens (primary N) is 1. The van der Waals surface area contributed by atoms with Crippen molar-refractivity contribution in [3.05, 3.63) is 22.7 Å². The highest BCUT2D eigenvalue weighted by atomic mass is 16.1. The van der Waals surface area contributed by atoms with Gasteiger partial charge in [-0.05, 0) is 32.2 Å². The fraction of sp³-hybridized carbons (Fsp3) is 0.714. The van der Waals surface area contributed by atoms with Crippen LogP contribution >= 0.6 is 0 Å². The van der Waals surface area contributed by atoms with Crippen molar-refractivity contribution in [3.8, 4) is 0 Å². The second-order valence-electron chi connectivity index (χ2n) is 6.22. The van der Waals surface area contributed by atoms with E-state index >= 15 is 0 Å². The first-order valence-corrected chi connectivity index (χ1v) is 6.81. The number of aromatic nitrogens is 2. The molecular formula is C14H26N4O. The Kier molecular flexibility index (Phi) is 5.11. The fourth-order valence-corrected chi connectivity index (χ4v) is 1.98. The summed E-state index contributed by atoms with van der Waals surface area (Å²) in [6.45, 7) is 10.9. The quantitative estimate of drug-likeness (QED) is 0.855. The van der Waals surface area contributed by atoms with Gasteiger partial charge in [0.1, 0.15) is 0 Å². The molecule has 0 saturated carbocycles. The van der Waals surface area contributed by atoms with E-state index in [9.17, 15) is 4.79 Å². The van der Waals surface area contributed by atoms with Crippen LogP contribution in [0.5, 0.6) is 0 Å². The number of hydrogen-bond donors (Lipinski definition) is 2. The first-order chi connectivity index (χ1) is 8.77. The van der Waals surface area contributed by atoms with Crippen molar-refractivity contribution in [2.45, 2.75) is 53.1 Å². The first kappa shape index (κ1) is 15.7. The minimum Gasteiger partial charge on any atom is -0.362 e. The molecule has 1 unspecified atom stereocenters. The van der Waals surface area contributed by atoms with Gasteiger partial charge in [-0.1, -0.05) is 20.8 Å². The Hall–Kier alpha value is -1.36. The number of hydrogen-bond acceptors (Lipinski definition) is 4. The Labute approximate surface area is 115 Å². The van der Waals surface area contributed by atoms with Crippen LogP contribution in [0.3, 0.4) is 0 Å². The lowest BCUT2D eigenvalue weighted by Crippen LogP contribution is -2.39. The second kappa shape index (κ2) is 6.19. The molecule has 0 aromatic carbocycles. The van der Waals surface area contributed by atoms with E-state index in [1.54, 1.807) is 17.0 Å². The zero-order valence-electron chi connectivity index (χ0n) is 12.6. The fourth-order valence-electron chi connectivity index (χ4n) is 1.98. The van der Waals surface area contributed by atoms with Crippen LogP contribution in [0.4, 0.5) is 5.82 Å². The molecule has 0 saturated heterocycles. The minimum atomic E-state index is -0.0798. The summed E-state index contributed by atoms with van der Waals surface area (Å²) in [7, 11) is 0. The summed E-state index contributed by atoms with van der Waals surface area (Å²) in [5, 5.41) is 3.26. The van der Waals surface area contributed by atoms with E-state index in [1.165, 1.54) is 0 Å². The Morgan fingerprint density at radius 1 is 1.42 bits per heavy atom. The van der Waals surface area contributed by atoms with Gasteiger partial charge in [0.25, 0.3) is 5.56 Å². The maximum absolute atomic E-state index is 12.3. The van der Waals surface area contributed by atoms with Gasteiger partial charge in [0.15, 0.2) is 5.82 Å². The van der Waals surface area contributed by atoms with E-state index in [0.29, 0.717) is 12.4 Å². The van der Waals surface area contributed by atoms with Crippen LogP contribution in [-0.2, 0) is 0 Å². The van der Waals surface area contributed by atoms with Gasteiger partial charge in [-0.25, -0.2) is 4.98 Å². The molecule has 0 aliphatic carbocycles. The minimum absolute atomic E-state index is 0.0198. The number of nitrogens with zero attached hydrogens (tertiary/aromatic N) is 2. The predicted octanol–water partition coefficient (Wildman–Crippen LogP) is 2.00. The molecule has 0 fully saturated rings. The van der Waals surface area contributed by atoms with Gasteiger partial charge in [-0.15, -0.1) is 0 Å². The van der Waals surface area contributed by atoms with Gasteiger partial charge in [-0.3, -0.25) is 4.79 Å². The van der Waals surface area contributed by atoms with E-state index in [2.05, 4.69) is 31.1 Å². The predicted molar refractivity (Wildman–Crippen MR) is 79.4 cm³/mol. The lowest BCUT2D eigenvalue weighted by molar-refractivity contribution is 0.327. The van der Waals surface area contributed by atoms with Crippen molar-refractivity contribution in [3.63, 3.8) is 0 Å². The lowest BCUT2D eigenvalue weighted by atomic mass is 9.85. The van der Waals surface area contributed by atoms with Crippen LogP contribution in [0.25, 0.3) is 0 Å². The highest BCUT2D eigenvalue weighted by molar-refractivity contribution is 5.33. The SMILES string of the molecule is CC(C)n1ccnc(NC(CCN)C(C)(C)C)c1=O. The summed E-state index contributed by atoms with van der Waals surface area (Å²) >= 11 is 0. The molecule has 1 atom stereocenters. The average molecular weight is 266 g/mol. The second-order valence-corrected chi connectivity index (χ2v) is 6.22. The summed E-state index contributed by atoms with van der Waals surface area (Å²) in [4.78, 5) is 16.5. The summed E-state index contributed by atoms with van der Waals surface area (Å²) in [6, 6.07) is 0.249. The van der Waals surface area contributed by atoms with E-state index in [0.717, 1.165) is 6.42 Å². The molecule has 0 aliphatic rings. The van der Waals surface area contributed by atoms with Crippen LogP contribution < -0.4 is 16.6 Å². The largest absolute Gasteiger partial charge is 0.362 e. The maximum atomic E-state index is 12.3. The molecule has 0 bridgehead atoms.